The van der Waals surface area contributed by atoms with E-state index in [4.69, 9.17) is 5.73 Å². The summed E-state index contributed by atoms with van der Waals surface area (Å²) in [5.41, 5.74) is 8.61. The first kappa shape index (κ1) is 13.3. The van der Waals surface area contributed by atoms with Gasteiger partial charge < -0.3 is 10.6 Å². The summed E-state index contributed by atoms with van der Waals surface area (Å²) in [6.45, 7) is 3.04. The average molecular weight is 284 g/mol. The molecule has 1 aromatic carbocycles. The fourth-order valence-electron chi connectivity index (χ4n) is 4.83. The summed E-state index contributed by atoms with van der Waals surface area (Å²) in [7, 11) is 0. The van der Waals surface area contributed by atoms with E-state index >= 15 is 0 Å². The number of hydrogen-bond acceptors (Lipinski definition) is 2. The quantitative estimate of drug-likeness (QED) is 0.907. The van der Waals surface area contributed by atoms with Crippen LogP contribution in [0.1, 0.15) is 49.3 Å². The highest BCUT2D eigenvalue weighted by molar-refractivity contribution is 5.85. The van der Waals surface area contributed by atoms with E-state index in [2.05, 4.69) is 36.1 Å². The van der Waals surface area contributed by atoms with Crippen molar-refractivity contribution in [1.29, 1.82) is 0 Å². The molecular weight excluding hydrogens is 260 g/mol. The van der Waals surface area contributed by atoms with Crippen LogP contribution in [0.15, 0.2) is 24.3 Å². The third kappa shape index (κ3) is 1.94. The van der Waals surface area contributed by atoms with Crippen molar-refractivity contribution in [2.75, 3.05) is 6.54 Å². The first-order valence-electron chi connectivity index (χ1n) is 8.22. The molecule has 2 unspecified atom stereocenters. The summed E-state index contributed by atoms with van der Waals surface area (Å²) in [6.07, 6.45) is 5.19. The zero-order valence-corrected chi connectivity index (χ0v) is 12.7. The van der Waals surface area contributed by atoms with E-state index in [-0.39, 0.29) is 17.5 Å². The van der Waals surface area contributed by atoms with Gasteiger partial charge in [-0.15, -0.1) is 0 Å². The number of aryl methyl sites for hydroxylation is 1. The molecule has 2 N–H and O–H groups in total. The molecule has 0 spiro atoms. The van der Waals surface area contributed by atoms with Gasteiger partial charge in [0.1, 0.15) is 0 Å². The molecule has 4 fully saturated rings. The average Bonchev–Trinajstić information content (AvgIpc) is 3.09. The van der Waals surface area contributed by atoms with Crippen LogP contribution in [0.25, 0.3) is 0 Å². The Balaban J connectivity index is 1.58. The Kier molecular flexibility index (Phi) is 2.90. The molecule has 1 amide bonds. The molecule has 21 heavy (non-hydrogen) atoms. The van der Waals surface area contributed by atoms with Crippen molar-refractivity contribution >= 4 is 5.91 Å². The van der Waals surface area contributed by atoms with Crippen LogP contribution in [0.2, 0.25) is 0 Å². The van der Waals surface area contributed by atoms with Gasteiger partial charge in [0.25, 0.3) is 0 Å². The van der Waals surface area contributed by atoms with E-state index < -0.39 is 0 Å². The number of amides is 1. The predicted molar refractivity (Wildman–Crippen MR) is 82.6 cm³/mol. The van der Waals surface area contributed by atoms with Gasteiger partial charge in [0, 0.05) is 12.6 Å². The number of benzene rings is 1. The minimum absolute atomic E-state index is 0.101. The topological polar surface area (TPSA) is 46.3 Å². The highest BCUT2D eigenvalue weighted by Crippen LogP contribution is 2.59. The first-order valence-corrected chi connectivity index (χ1v) is 8.22. The van der Waals surface area contributed by atoms with Crippen molar-refractivity contribution in [2.24, 2.45) is 17.1 Å². The van der Waals surface area contributed by atoms with Crippen LogP contribution in [-0.2, 0) is 4.79 Å². The van der Waals surface area contributed by atoms with Gasteiger partial charge in [-0.05, 0) is 50.5 Å². The maximum Gasteiger partial charge on any atom is 0.229 e. The SMILES string of the molecule is Cc1cccc(C2CCCN2C(=O)C23CC(N)C(C2)C3)c1. The van der Waals surface area contributed by atoms with Gasteiger partial charge in [-0.3, -0.25) is 4.79 Å². The molecule has 0 aromatic heterocycles. The van der Waals surface area contributed by atoms with Gasteiger partial charge in [-0.1, -0.05) is 29.8 Å². The van der Waals surface area contributed by atoms with Gasteiger partial charge >= 0.3 is 0 Å². The van der Waals surface area contributed by atoms with Gasteiger partial charge in [-0.2, -0.15) is 0 Å². The Bertz CT molecular complexity index is 576. The van der Waals surface area contributed by atoms with Crippen molar-refractivity contribution in [3.8, 4) is 0 Å². The van der Waals surface area contributed by atoms with Crippen molar-refractivity contribution < 1.29 is 4.79 Å². The third-order valence-electron chi connectivity index (χ3n) is 5.93. The second-order valence-corrected chi connectivity index (χ2v) is 7.39. The number of nitrogens with zero attached hydrogens (tertiary/aromatic N) is 1. The van der Waals surface area contributed by atoms with E-state index in [1.165, 1.54) is 11.1 Å². The molecule has 112 valence electrons. The summed E-state index contributed by atoms with van der Waals surface area (Å²) in [5, 5.41) is 0. The lowest BCUT2D eigenvalue weighted by Crippen LogP contribution is -2.46. The number of fused-ring (bicyclic) bond motifs is 1. The Morgan fingerprint density at radius 1 is 1.33 bits per heavy atom. The van der Waals surface area contributed by atoms with E-state index in [1.807, 2.05) is 0 Å². The molecule has 0 radical (unpaired) electrons. The van der Waals surface area contributed by atoms with Crippen LogP contribution >= 0.6 is 0 Å². The summed E-state index contributed by atoms with van der Waals surface area (Å²) >= 11 is 0. The van der Waals surface area contributed by atoms with Crippen molar-refractivity contribution in [3.63, 3.8) is 0 Å². The lowest BCUT2D eigenvalue weighted by Gasteiger charge is -2.41. The second kappa shape index (κ2) is 4.57. The number of hydrogen-bond donors (Lipinski definition) is 1. The molecule has 5 rings (SSSR count). The molecule has 4 aliphatic rings. The molecule has 1 heterocycles. The lowest BCUT2D eigenvalue weighted by molar-refractivity contribution is -0.147. The summed E-state index contributed by atoms with van der Waals surface area (Å²) in [4.78, 5) is 15.2. The maximum atomic E-state index is 13.1. The first-order chi connectivity index (χ1) is 10.1. The number of carbonyl (C=O) groups excluding carboxylic acids is 1. The Labute approximate surface area is 126 Å². The minimum Gasteiger partial charge on any atom is -0.335 e. The molecule has 2 bridgehead atoms. The highest BCUT2D eigenvalue weighted by atomic mass is 16.2. The van der Waals surface area contributed by atoms with Crippen molar-refractivity contribution in [1.82, 2.24) is 4.90 Å². The van der Waals surface area contributed by atoms with Gasteiger partial charge in [0.05, 0.1) is 11.5 Å². The molecule has 1 aromatic rings. The Hall–Kier alpha value is -1.35. The maximum absolute atomic E-state index is 13.1. The molecule has 3 saturated carbocycles. The van der Waals surface area contributed by atoms with Crippen LogP contribution in [0.4, 0.5) is 0 Å². The summed E-state index contributed by atoms with van der Waals surface area (Å²) in [5.74, 6) is 0.990. The number of rotatable bonds is 2. The fraction of sp³-hybridized carbons (Fsp3) is 0.611. The molecule has 3 heteroatoms. The minimum atomic E-state index is -0.101. The van der Waals surface area contributed by atoms with Gasteiger partial charge in [0.2, 0.25) is 5.91 Å². The van der Waals surface area contributed by atoms with Crippen LogP contribution in [0.3, 0.4) is 0 Å². The summed E-state index contributed by atoms with van der Waals surface area (Å²) < 4.78 is 0. The van der Waals surface area contributed by atoms with Crippen LogP contribution in [0.5, 0.6) is 0 Å². The van der Waals surface area contributed by atoms with Gasteiger partial charge in [-0.25, -0.2) is 0 Å². The van der Waals surface area contributed by atoms with E-state index in [0.717, 1.165) is 38.6 Å². The van der Waals surface area contributed by atoms with Gasteiger partial charge in [0.15, 0.2) is 0 Å². The van der Waals surface area contributed by atoms with Crippen LogP contribution in [0, 0.1) is 18.3 Å². The summed E-state index contributed by atoms with van der Waals surface area (Å²) in [6, 6.07) is 9.17. The van der Waals surface area contributed by atoms with E-state index in [1.54, 1.807) is 0 Å². The molecule has 1 aliphatic heterocycles. The van der Waals surface area contributed by atoms with Crippen LogP contribution < -0.4 is 5.73 Å². The van der Waals surface area contributed by atoms with Crippen LogP contribution in [-0.4, -0.2) is 23.4 Å². The van der Waals surface area contributed by atoms with E-state index in [0.29, 0.717) is 11.8 Å². The predicted octanol–water partition coefficient (Wildman–Crippen LogP) is 2.79. The standard InChI is InChI=1S/C18H24N2O/c1-12-4-2-5-13(8-12)16-6-3-7-20(16)17(21)18-9-14(10-18)15(19)11-18/h2,4-5,8,14-16H,3,6-7,9-11,19H2,1H3. The smallest absolute Gasteiger partial charge is 0.229 e. The fourth-order valence-corrected chi connectivity index (χ4v) is 4.83. The third-order valence-corrected chi connectivity index (χ3v) is 5.93. The zero-order valence-electron chi connectivity index (χ0n) is 12.7. The Morgan fingerprint density at radius 3 is 2.81 bits per heavy atom. The second-order valence-electron chi connectivity index (χ2n) is 7.39. The normalized spacial score (nSPS) is 37.6. The number of nitrogens with two attached hydrogens (primary N) is 1. The Morgan fingerprint density at radius 2 is 2.14 bits per heavy atom. The molecule has 3 aliphatic carbocycles. The largest absolute Gasteiger partial charge is 0.335 e. The van der Waals surface area contributed by atoms with Crippen molar-refractivity contribution in [3.05, 3.63) is 35.4 Å². The number of likely N-dealkylation sites (tertiary alicyclic amines) is 1. The zero-order chi connectivity index (χ0) is 14.6. The molecule has 3 nitrogen and oxygen atoms in total. The lowest BCUT2D eigenvalue weighted by atomic mass is 9.68. The van der Waals surface area contributed by atoms with E-state index in [9.17, 15) is 4.79 Å². The highest BCUT2D eigenvalue weighted by Gasteiger charge is 2.60. The monoisotopic (exact) mass is 284 g/mol. The molecule has 2 atom stereocenters. The van der Waals surface area contributed by atoms with Crippen molar-refractivity contribution in [2.45, 2.75) is 51.1 Å². The number of carbonyl (C=O) groups is 1. The molecular formula is C18H24N2O. The molecule has 1 saturated heterocycles.